The Bertz CT molecular complexity index is 339. The molecule has 0 aromatic rings. The Morgan fingerprint density at radius 1 is 1.47 bits per heavy atom. The van der Waals surface area contributed by atoms with Crippen LogP contribution in [0.15, 0.2) is 0 Å². The Hall–Kier alpha value is -1.06. The molecule has 1 amide bonds. The largest absolute Gasteiger partial charge is 0.389 e. The fourth-order valence-electron chi connectivity index (χ4n) is 1.31. The number of hydrogen-bond donors (Lipinski definition) is 6. The summed E-state index contributed by atoms with van der Waals surface area (Å²) in [6.07, 6.45) is -5.69. The molecule has 0 heterocycles. The molecule has 0 rings (SSSR count). The van der Waals surface area contributed by atoms with Gasteiger partial charge < -0.3 is 25.7 Å². The maximum atomic E-state index is 11.0. The van der Waals surface area contributed by atoms with Crippen LogP contribution in [0.4, 0.5) is 0 Å². The molecule has 0 aliphatic carbocycles. The van der Waals surface area contributed by atoms with Crippen LogP contribution >= 0.6 is 0 Å². The first-order valence-corrected chi connectivity index (χ1v) is 4.82. The smallest absolute Gasteiger partial charge is 0.226 e. The lowest BCUT2D eigenvalue weighted by Crippen LogP contribution is -2.72. The molecule has 0 aliphatic heterocycles. The van der Waals surface area contributed by atoms with E-state index < -0.39 is 35.8 Å². The zero-order valence-corrected chi connectivity index (χ0v) is 9.76. The van der Waals surface area contributed by atoms with Crippen LogP contribution in [0.5, 0.6) is 0 Å². The molecule has 0 bridgehead atoms. The standard InChI is InChI=1S/C9H18N2O6/c1-5(13)9(17,10-3)7(15)8(16,4-12)11-6(2)14/h4-5,7,10,13,15-17H,1-3H3,(H,11,14)/t5-,7-,8+,9+/m0/s1/i4D. The van der Waals surface area contributed by atoms with Gasteiger partial charge in [0.1, 0.15) is 1.37 Å². The third-order valence-electron chi connectivity index (χ3n) is 2.37. The first-order valence-electron chi connectivity index (χ1n) is 5.32. The lowest BCUT2D eigenvalue weighted by atomic mass is 9.92. The number of carbonyl (C=O) groups excluding carboxylic acids is 2. The minimum atomic E-state index is -3.04. The first-order chi connectivity index (χ1) is 8.02. The fourth-order valence-corrected chi connectivity index (χ4v) is 1.31. The van der Waals surface area contributed by atoms with Gasteiger partial charge in [-0.05, 0) is 14.0 Å². The molecule has 0 unspecified atom stereocenters. The van der Waals surface area contributed by atoms with Gasteiger partial charge in [0.15, 0.2) is 18.1 Å². The average Bonchev–Trinajstić information content (AvgIpc) is 2.25. The van der Waals surface area contributed by atoms with Gasteiger partial charge in [-0.1, -0.05) is 0 Å². The SMILES string of the molecule is [2H]C(=O)[C@](O)(NC(C)=O)[C@H](O)[C@@](O)(NC)[C@H](C)O. The van der Waals surface area contributed by atoms with E-state index in [4.69, 9.17) is 1.37 Å². The van der Waals surface area contributed by atoms with Crippen LogP contribution in [-0.4, -0.2) is 63.3 Å². The van der Waals surface area contributed by atoms with Crippen molar-refractivity contribution in [1.82, 2.24) is 10.6 Å². The molecule has 0 saturated carbocycles. The number of amides is 1. The van der Waals surface area contributed by atoms with E-state index in [0.717, 1.165) is 20.9 Å². The van der Waals surface area contributed by atoms with Gasteiger partial charge in [0.25, 0.3) is 0 Å². The van der Waals surface area contributed by atoms with Crippen LogP contribution < -0.4 is 10.6 Å². The van der Waals surface area contributed by atoms with E-state index in [1.165, 1.54) is 0 Å². The van der Waals surface area contributed by atoms with E-state index in [0.29, 0.717) is 0 Å². The predicted molar refractivity (Wildman–Crippen MR) is 56.5 cm³/mol. The minimum Gasteiger partial charge on any atom is -0.389 e. The number of aliphatic hydroxyl groups excluding tert-OH is 2. The molecule has 17 heavy (non-hydrogen) atoms. The van der Waals surface area contributed by atoms with Gasteiger partial charge in [-0.2, -0.15) is 0 Å². The summed E-state index contributed by atoms with van der Waals surface area (Å²) in [5.74, 6) is -0.902. The molecule has 0 radical (unpaired) electrons. The molecule has 4 atom stereocenters. The summed E-state index contributed by atoms with van der Waals surface area (Å²) in [5.41, 5.74) is -5.53. The average molecular weight is 251 g/mol. The zero-order chi connectivity index (χ0) is 14.7. The molecule has 0 aromatic heterocycles. The minimum absolute atomic E-state index is 0.902. The Morgan fingerprint density at radius 2 is 1.94 bits per heavy atom. The molecule has 0 spiro atoms. The Balaban J connectivity index is 5.50. The van der Waals surface area contributed by atoms with Gasteiger partial charge in [-0.15, -0.1) is 0 Å². The number of carbonyl (C=O) groups is 2. The summed E-state index contributed by atoms with van der Waals surface area (Å²) in [6, 6.07) is 0. The van der Waals surface area contributed by atoms with Crippen molar-refractivity contribution in [2.45, 2.75) is 37.5 Å². The Labute approximate surface area is 99.7 Å². The molecule has 6 N–H and O–H groups in total. The lowest BCUT2D eigenvalue weighted by Gasteiger charge is -2.41. The van der Waals surface area contributed by atoms with Crippen LogP contribution in [0.1, 0.15) is 15.2 Å². The summed E-state index contributed by atoms with van der Waals surface area (Å²) in [7, 11) is 1.15. The summed E-state index contributed by atoms with van der Waals surface area (Å²) in [4.78, 5) is 21.9. The van der Waals surface area contributed by atoms with Crippen LogP contribution in [0.3, 0.4) is 0 Å². The molecule has 8 nitrogen and oxygen atoms in total. The van der Waals surface area contributed by atoms with Gasteiger partial charge in [0.2, 0.25) is 11.6 Å². The lowest BCUT2D eigenvalue weighted by molar-refractivity contribution is -0.218. The third kappa shape index (κ3) is 3.20. The molecule has 8 heteroatoms. The van der Waals surface area contributed by atoms with Crippen molar-refractivity contribution < 1.29 is 31.4 Å². The first kappa shape index (κ1) is 14.0. The van der Waals surface area contributed by atoms with E-state index in [-0.39, 0.29) is 0 Å². The van der Waals surface area contributed by atoms with Crippen molar-refractivity contribution in [3.63, 3.8) is 0 Å². The van der Waals surface area contributed by atoms with Gasteiger partial charge in [-0.25, -0.2) is 0 Å². The van der Waals surface area contributed by atoms with Crippen LogP contribution in [0.25, 0.3) is 0 Å². The summed E-state index contributed by atoms with van der Waals surface area (Å²) >= 11 is 0. The van der Waals surface area contributed by atoms with Crippen molar-refractivity contribution in [2.24, 2.45) is 0 Å². The Kier molecular flexibility index (Phi) is 4.54. The molecule has 0 saturated heterocycles. The molecule has 0 aliphatic rings. The summed E-state index contributed by atoms with van der Waals surface area (Å²) in [5, 5.41) is 42.7. The normalized spacial score (nSPS) is 22.6. The van der Waals surface area contributed by atoms with Gasteiger partial charge in [-0.3, -0.25) is 14.9 Å². The highest BCUT2D eigenvalue weighted by Crippen LogP contribution is 2.19. The maximum absolute atomic E-state index is 11.0. The van der Waals surface area contributed by atoms with Crippen LogP contribution in [0.2, 0.25) is 0 Å². The topological polar surface area (TPSA) is 139 Å². The van der Waals surface area contributed by atoms with E-state index in [2.05, 4.69) is 5.32 Å². The fraction of sp³-hybridized carbons (Fsp3) is 0.778. The highest BCUT2D eigenvalue weighted by atomic mass is 16.4. The monoisotopic (exact) mass is 251 g/mol. The number of nitrogens with one attached hydrogen (secondary N) is 2. The summed E-state index contributed by atoms with van der Waals surface area (Å²) in [6.45, 7) is 2.03. The van der Waals surface area contributed by atoms with Crippen molar-refractivity contribution in [3.05, 3.63) is 0 Å². The quantitative estimate of drug-likeness (QED) is 0.214. The third-order valence-corrected chi connectivity index (χ3v) is 2.37. The highest BCUT2D eigenvalue weighted by molar-refractivity contribution is 5.79. The number of likely N-dealkylation sites (N-methyl/N-ethyl adjacent to an activating group) is 1. The van der Waals surface area contributed by atoms with Crippen molar-refractivity contribution in [3.8, 4) is 0 Å². The van der Waals surface area contributed by atoms with E-state index in [1.807, 2.05) is 0 Å². The second kappa shape index (κ2) is 5.52. The predicted octanol–water partition coefficient (Wildman–Crippen LogP) is -3.34. The van der Waals surface area contributed by atoms with Crippen LogP contribution in [-0.2, 0) is 9.59 Å². The number of rotatable bonds is 6. The molecular weight excluding hydrogens is 232 g/mol. The van der Waals surface area contributed by atoms with Gasteiger partial charge in [0, 0.05) is 6.92 Å². The molecule has 0 aromatic carbocycles. The molecule has 0 fully saturated rings. The zero-order valence-electron chi connectivity index (χ0n) is 10.8. The van der Waals surface area contributed by atoms with E-state index in [1.54, 1.807) is 5.32 Å². The highest BCUT2D eigenvalue weighted by Gasteiger charge is 2.51. The van der Waals surface area contributed by atoms with Crippen LogP contribution in [0, 0.1) is 0 Å². The number of hydrogen-bond acceptors (Lipinski definition) is 7. The second-order valence-electron chi connectivity index (χ2n) is 3.70. The Morgan fingerprint density at radius 3 is 2.18 bits per heavy atom. The van der Waals surface area contributed by atoms with E-state index >= 15 is 0 Å². The van der Waals surface area contributed by atoms with Crippen molar-refractivity contribution in [2.75, 3.05) is 7.05 Å². The van der Waals surface area contributed by atoms with E-state index in [9.17, 15) is 30.0 Å². The number of aldehydes is 1. The molecule has 100 valence electrons. The second-order valence-corrected chi connectivity index (χ2v) is 3.70. The number of aliphatic hydroxyl groups is 4. The van der Waals surface area contributed by atoms with Crippen molar-refractivity contribution in [1.29, 1.82) is 0 Å². The summed E-state index contributed by atoms with van der Waals surface area (Å²) < 4.78 is 6.87. The van der Waals surface area contributed by atoms with Gasteiger partial charge >= 0.3 is 0 Å². The van der Waals surface area contributed by atoms with Gasteiger partial charge in [0.05, 0.1) is 6.10 Å². The molecular formula is C9H18N2O6. The van der Waals surface area contributed by atoms with Crippen molar-refractivity contribution >= 4 is 12.2 Å². The maximum Gasteiger partial charge on any atom is 0.226 e.